The molecule has 0 aromatic carbocycles. The first-order valence-corrected chi connectivity index (χ1v) is 22.8. The average molecular weight is 897 g/mol. The first-order valence-electron chi connectivity index (χ1n) is 18.3. The van der Waals surface area contributed by atoms with Gasteiger partial charge in [-0.05, 0) is 31.8 Å². The van der Waals surface area contributed by atoms with Gasteiger partial charge in [0.15, 0.2) is 17.4 Å². The molecule has 0 saturated carbocycles. The van der Waals surface area contributed by atoms with E-state index in [0.717, 1.165) is 11.1 Å². The number of phosphoric ester groups is 3. The Morgan fingerprint density at radius 1 is 0.932 bits per heavy atom. The highest BCUT2D eigenvalue weighted by molar-refractivity contribution is 7.48. The number of hydrogen-bond acceptors (Lipinski definition) is 20. The monoisotopic (exact) mass is 896 g/mol. The second kappa shape index (κ2) is 19.4. The van der Waals surface area contributed by atoms with E-state index in [4.69, 9.17) is 52.6 Å². The molecule has 28 heteroatoms. The Balaban J connectivity index is 1.20. The summed E-state index contributed by atoms with van der Waals surface area (Å²) in [4.78, 5) is 65.7. The van der Waals surface area contributed by atoms with Crippen LogP contribution >= 0.6 is 23.5 Å². The van der Waals surface area contributed by atoms with Gasteiger partial charge in [-0.1, -0.05) is 6.08 Å². The maximum absolute atomic E-state index is 13.7. The molecule has 2 aliphatic heterocycles. The number of likely N-dealkylation sites (tertiary alicyclic amines) is 1. The summed E-state index contributed by atoms with van der Waals surface area (Å²) in [5.41, 5.74) is 7.72. The first-order chi connectivity index (χ1) is 28.0. The van der Waals surface area contributed by atoms with Crippen LogP contribution in [0, 0.1) is 12.8 Å². The van der Waals surface area contributed by atoms with Gasteiger partial charge >= 0.3 is 23.5 Å². The number of nitrogens with one attached hydrogen (secondary N) is 1. The molecular weight excluding hydrogens is 849 g/mol. The third-order valence-corrected chi connectivity index (χ3v) is 12.6. The lowest BCUT2D eigenvalue weighted by atomic mass is 10.1. The lowest BCUT2D eigenvalue weighted by Gasteiger charge is -2.26. The van der Waals surface area contributed by atoms with Gasteiger partial charge in [0.2, 0.25) is 0 Å². The minimum Gasteiger partial charge on any atom is -0.396 e. The van der Waals surface area contributed by atoms with Crippen molar-refractivity contribution in [3.8, 4) is 0 Å². The molecule has 2 saturated heterocycles. The van der Waals surface area contributed by atoms with E-state index in [2.05, 4.69) is 24.9 Å². The van der Waals surface area contributed by atoms with Crippen LogP contribution in [0.1, 0.15) is 36.2 Å². The van der Waals surface area contributed by atoms with Crippen molar-refractivity contribution in [2.45, 2.75) is 56.8 Å². The number of allylic oxidation sites excluding steroid dienone is 1. The smallest absolute Gasteiger partial charge is 0.396 e. The van der Waals surface area contributed by atoms with Crippen molar-refractivity contribution in [3.05, 3.63) is 46.2 Å². The fraction of sp³-hybridized carbons (Fsp3) is 0.645. The number of imidazole rings is 1. The molecule has 3 aromatic heterocycles. The maximum atomic E-state index is 13.7. The Hall–Kier alpha value is -2.90. The van der Waals surface area contributed by atoms with Gasteiger partial charge in [0, 0.05) is 51.4 Å². The van der Waals surface area contributed by atoms with Gasteiger partial charge in [-0.2, -0.15) is 0 Å². The number of hydrogen-bond donors (Lipinski definition) is 7. The fourth-order valence-electron chi connectivity index (χ4n) is 6.88. The summed E-state index contributed by atoms with van der Waals surface area (Å²) in [6.07, 6.45) is -1.49. The van der Waals surface area contributed by atoms with Gasteiger partial charge in [0.1, 0.15) is 36.3 Å². The number of aryl methyl sites for hydroxylation is 1. The van der Waals surface area contributed by atoms with E-state index >= 15 is 0 Å². The fourth-order valence-corrected chi connectivity index (χ4v) is 9.65. The van der Waals surface area contributed by atoms with Crippen LogP contribution in [0.2, 0.25) is 0 Å². The number of nitrogens with two attached hydrogens (primary N) is 1. The number of rotatable bonds is 22. The van der Waals surface area contributed by atoms with E-state index in [9.17, 15) is 33.2 Å². The molecule has 2 fully saturated rings. The highest BCUT2D eigenvalue weighted by Gasteiger charge is 2.52. The zero-order valence-electron chi connectivity index (χ0n) is 31.9. The molecule has 1 aliphatic carbocycles. The number of ether oxygens (including phenoxy) is 2. The van der Waals surface area contributed by atoms with Crippen LogP contribution < -0.4 is 11.3 Å². The number of H-pyrrole nitrogens is 1. The van der Waals surface area contributed by atoms with Crippen molar-refractivity contribution in [1.82, 2.24) is 34.4 Å². The number of aliphatic hydroxyl groups excluding tert-OH is 2. The predicted octanol–water partition coefficient (Wildman–Crippen LogP) is 0.187. The van der Waals surface area contributed by atoms with Crippen LogP contribution in [0.4, 0.5) is 5.82 Å². The molecule has 3 aliphatic rings. The number of fused-ring (bicyclic) bond motifs is 2. The van der Waals surface area contributed by atoms with E-state index in [1.54, 1.807) is 6.92 Å². The number of aromatic amines is 1. The van der Waals surface area contributed by atoms with Gasteiger partial charge < -0.3 is 45.1 Å². The molecule has 328 valence electrons. The van der Waals surface area contributed by atoms with Gasteiger partial charge in [0.25, 0.3) is 5.56 Å². The van der Waals surface area contributed by atoms with Gasteiger partial charge in [-0.15, -0.1) is 0 Å². The molecule has 0 bridgehead atoms. The number of methoxy groups -OCH3 is 1. The standard InChI is InChI=1S/C31H47N8O17P3/c1-18-36-29-25(30(42)37-18)35-17-39(29)31-27(49-2)26(56-58(45,46)51-10-4-8-41)23(54-31)15-53-59(47,48)55-22-13-38(11-19-5-6-21-24(19)33-16-34-28(21)32)12-20(22)14-52-57(43,44)50-9-3-7-40/h5,16-17,20,22-23,26-27,31,40-41H,3-4,6-15H2,1-2H3,(H,43,44)(H,45,46)(H,47,48)(H2,32,33,34)(H,36,37,42)/t20-,22?,23-,26?,27+,31-/m1/s1. The summed E-state index contributed by atoms with van der Waals surface area (Å²) < 4.78 is 84.1. The number of nitrogen functional groups attached to an aromatic ring is 1. The lowest BCUT2D eigenvalue weighted by molar-refractivity contribution is -0.0594. The molecule has 0 radical (unpaired) electrons. The largest absolute Gasteiger partial charge is 0.472 e. The quantitative estimate of drug-likeness (QED) is 0.0523. The summed E-state index contributed by atoms with van der Waals surface area (Å²) in [7, 11) is -13.3. The Bertz CT molecular complexity index is 2180. The van der Waals surface area contributed by atoms with E-state index in [1.165, 1.54) is 24.3 Å². The van der Waals surface area contributed by atoms with E-state index in [-0.39, 0.29) is 69.3 Å². The van der Waals surface area contributed by atoms with Crippen LogP contribution in [-0.4, -0.2) is 150 Å². The van der Waals surface area contributed by atoms with Crippen molar-refractivity contribution >= 4 is 46.0 Å². The molecule has 6 rings (SSSR count). The molecule has 0 spiro atoms. The van der Waals surface area contributed by atoms with E-state index in [1.807, 2.05) is 11.0 Å². The second-order valence-electron chi connectivity index (χ2n) is 13.7. The first kappa shape index (κ1) is 45.6. The highest BCUT2D eigenvalue weighted by Crippen LogP contribution is 2.52. The number of aliphatic hydroxyl groups is 2. The summed E-state index contributed by atoms with van der Waals surface area (Å²) in [6, 6.07) is 0. The molecule has 8 N–H and O–H groups in total. The Kier molecular flexibility index (Phi) is 15.0. The van der Waals surface area contributed by atoms with Crippen LogP contribution in [0.5, 0.6) is 0 Å². The van der Waals surface area contributed by atoms with Crippen molar-refractivity contribution in [1.29, 1.82) is 0 Å². The zero-order chi connectivity index (χ0) is 42.5. The third kappa shape index (κ3) is 11.3. The maximum Gasteiger partial charge on any atom is 0.472 e. The SMILES string of the molecule is CO[C@H]1C(OP(=O)(O)OCCCO)[C@@H](COP(=O)(O)OC2CN(CC3=CCc4c(N)ncnc43)C[C@@H]2COP(=O)(O)OCCCO)O[C@H]1n1cnc2c(=O)[nH]c(C)nc21. The number of aromatic nitrogens is 6. The molecular formula is C31H47N8O17P3. The molecule has 5 unspecified atom stereocenters. The molecule has 0 amide bonds. The summed E-state index contributed by atoms with van der Waals surface area (Å²) >= 11 is 0. The van der Waals surface area contributed by atoms with Gasteiger partial charge in [-0.25, -0.2) is 33.6 Å². The molecule has 5 heterocycles. The average Bonchev–Trinajstić information content (AvgIpc) is 3.95. The van der Waals surface area contributed by atoms with Gasteiger partial charge in [-0.3, -0.25) is 41.4 Å². The van der Waals surface area contributed by atoms with Crippen LogP contribution in [0.3, 0.4) is 0 Å². The topological polar surface area (TPSA) is 345 Å². The normalized spacial score (nSPS) is 26.5. The Morgan fingerprint density at radius 3 is 2.34 bits per heavy atom. The number of phosphoric acid groups is 3. The van der Waals surface area contributed by atoms with E-state index < -0.39 is 78.8 Å². The molecule has 59 heavy (non-hydrogen) atoms. The number of nitrogens with zero attached hydrogens (tertiary/aromatic N) is 6. The third-order valence-electron chi connectivity index (χ3n) is 9.56. The van der Waals surface area contributed by atoms with Crippen molar-refractivity contribution in [3.63, 3.8) is 0 Å². The number of anilines is 1. The Labute approximate surface area is 336 Å². The molecule has 9 atom stereocenters. The highest BCUT2D eigenvalue weighted by atomic mass is 31.2. The van der Waals surface area contributed by atoms with Crippen molar-refractivity contribution in [2.75, 3.05) is 72.1 Å². The minimum absolute atomic E-state index is 0.00862. The van der Waals surface area contributed by atoms with E-state index in [0.29, 0.717) is 24.5 Å². The predicted molar refractivity (Wildman–Crippen MR) is 202 cm³/mol. The van der Waals surface area contributed by atoms with Gasteiger partial charge in [0.05, 0.1) is 44.6 Å². The minimum atomic E-state index is -5.07. The van der Waals surface area contributed by atoms with Crippen LogP contribution in [-0.2, 0) is 56.7 Å². The molecule has 25 nitrogen and oxygen atoms in total. The summed E-state index contributed by atoms with van der Waals surface area (Å²) in [6.45, 7) is -0.463. The van der Waals surface area contributed by atoms with Crippen molar-refractivity contribution in [2.24, 2.45) is 5.92 Å². The van der Waals surface area contributed by atoms with Crippen molar-refractivity contribution < 1.29 is 75.2 Å². The zero-order valence-corrected chi connectivity index (χ0v) is 34.6. The second-order valence-corrected chi connectivity index (χ2v) is 18.0. The summed E-state index contributed by atoms with van der Waals surface area (Å²) in [5, 5.41) is 18.1. The lowest BCUT2D eigenvalue weighted by Crippen LogP contribution is -2.37. The van der Waals surface area contributed by atoms with Crippen LogP contribution in [0.15, 0.2) is 23.5 Å². The summed E-state index contributed by atoms with van der Waals surface area (Å²) in [5.74, 6) is -0.205. The Morgan fingerprint density at radius 2 is 1.63 bits per heavy atom. The van der Waals surface area contributed by atoms with Crippen LogP contribution in [0.25, 0.3) is 16.7 Å². The molecule has 3 aromatic rings.